The normalized spacial score (nSPS) is 13.8. The Morgan fingerprint density at radius 1 is 0.941 bits per heavy atom. The van der Waals surface area contributed by atoms with E-state index in [-0.39, 0.29) is 6.07 Å². The Bertz CT molecular complexity index is 514. The van der Waals surface area contributed by atoms with Crippen LogP contribution in [0.1, 0.15) is 5.56 Å². The quantitative estimate of drug-likeness (QED) is 0.740. The molecule has 0 fully saturated rings. The highest BCUT2D eigenvalue weighted by Crippen LogP contribution is 2.34. The molecule has 0 unspecified atom stereocenters. The van der Waals surface area contributed by atoms with Gasteiger partial charge in [0.05, 0.1) is 10.5 Å². The molecule has 0 radical (unpaired) electrons. The summed E-state index contributed by atoms with van der Waals surface area (Å²) in [5.41, 5.74) is -7.08. The molecule has 0 aromatic heterocycles. The summed E-state index contributed by atoms with van der Waals surface area (Å²) in [6.45, 7) is 0. The molecule has 0 atom stereocenters. The van der Waals surface area contributed by atoms with Gasteiger partial charge >= 0.3 is 11.7 Å². The average Bonchev–Trinajstić information content (AvgIpc) is 2.15. The molecule has 1 rings (SSSR count). The zero-order valence-corrected chi connectivity index (χ0v) is 8.62. The lowest BCUT2D eigenvalue weighted by molar-refractivity contribution is -0.137. The Morgan fingerprint density at radius 3 is 1.88 bits per heavy atom. The van der Waals surface area contributed by atoms with Crippen LogP contribution in [0.25, 0.3) is 0 Å². The molecular weight excluding hydrogens is 274 g/mol. The van der Waals surface area contributed by atoms with Crippen molar-refractivity contribution in [3.8, 4) is 0 Å². The van der Waals surface area contributed by atoms with E-state index >= 15 is 0 Å². The summed E-state index contributed by atoms with van der Waals surface area (Å²) >= 11 is 0. The molecule has 0 aliphatic carbocycles. The van der Waals surface area contributed by atoms with E-state index in [2.05, 4.69) is 0 Å². The fourth-order valence-electron chi connectivity index (χ4n) is 0.973. The van der Waals surface area contributed by atoms with Gasteiger partial charge in [-0.3, -0.25) is 0 Å². The Labute approximate surface area is 91.8 Å². The van der Waals surface area contributed by atoms with Crippen molar-refractivity contribution in [2.45, 2.75) is 16.6 Å². The average molecular weight is 278 g/mol. The first kappa shape index (κ1) is 13.8. The van der Waals surface area contributed by atoms with Gasteiger partial charge in [-0.25, -0.2) is 8.42 Å². The summed E-state index contributed by atoms with van der Waals surface area (Å²) in [6.07, 6.45) is -4.91. The number of sulfone groups is 1. The summed E-state index contributed by atoms with van der Waals surface area (Å²) < 4.78 is 94.4. The summed E-state index contributed by atoms with van der Waals surface area (Å²) in [5.74, 6) is 0. The van der Waals surface area contributed by atoms with Gasteiger partial charge < -0.3 is 0 Å². The van der Waals surface area contributed by atoms with Gasteiger partial charge in [-0.05, 0) is 18.2 Å². The third kappa shape index (κ3) is 2.71. The molecule has 0 bridgehead atoms. The van der Waals surface area contributed by atoms with Gasteiger partial charge in [-0.2, -0.15) is 26.3 Å². The van der Waals surface area contributed by atoms with Gasteiger partial charge in [0, 0.05) is 0 Å². The minimum atomic E-state index is -5.76. The monoisotopic (exact) mass is 278 g/mol. The number of hydrogen-bond donors (Lipinski definition) is 0. The first-order valence-electron chi connectivity index (χ1n) is 3.95. The van der Waals surface area contributed by atoms with Crippen LogP contribution in [0.2, 0.25) is 0 Å². The molecule has 0 N–H and O–H groups in total. The van der Waals surface area contributed by atoms with Crippen LogP contribution in [-0.4, -0.2) is 13.9 Å². The van der Waals surface area contributed by atoms with Crippen LogP contribution < -0.4 is 0 Å². The van der Waals surface area contributed by atoms with Gasteiger partial charge in [0.2, 0.25) is 0 Å². The lowest BCUT2D eigenvalue weighted by Crippen LogP contribution is -2.23. The minimum Gasteiger partial charge on any atom is -0.214 e. The van der Waals surface area contributed by atoms with E-state index in [1.165, 1.54) is 0 Å². The predicted molar refractivity (Wildman–Crippen MR) is 44.7 cm³/mol. The Kier molecular flexibility index (Phi) is 3.17. The van der Waals surface area contributed by atoms with Gasteiger partial charge in [0.1, 0.15) is 0 Å². The first-order chi connectivity index (χ1) is 7.46. The Hall–Kier alpha value is -1.25. The van der Waals surface area contributed by atoms with Crippen molar-refractivity contribution >= 4 is 9.84 Å². The van der Waals surface area contributed by atoms with Crippen molar-refractivity contribution in [2.75, 3.05) is 0 Å². The molecule has 0 saturated heterocycles. The van der Waals surface area contributed by atoms with Gasteiger partial charge in [0.25, 0.3) is 9.84 Å². The number of benzene rings is 1. The molecule has 1 aromatic carbocycles. The third-order valence-corrected chi connectivity index (χ3v) is 3.26. The van der Waals surface area contributed by atoms with E-state index < -0.39 is 32.0 Å². The molecule has 0 aliphatic rings. The highest BCUT2D eigenvalue weighted by Gasteiger charge is 2.47. The second-order valence-corrected chi connectivity index (χ2v) is 4.92. The summed E-state index contributed by atoms with van der Waals surface area (Å²) in [6, 6.07) is 1.48. The second kappa shape index (κ2) is 3.90. The molecule has 2 nitrogen and oxygen atoms in total. The van der Waals surface area contributed by atoms with Gasteiger partial charge in [-0.15, -0.1) is 0 Å². The van der Waals surface area contributed by atoms with Gasteiger partial charge in [0.15, 0.2) is 0 Å². The molecule has 9 heteroatoms. The SMILES string of the molecule is O=S(=O)(c1cccc(C(F)(F)F)c1)C(F)(F)F. The van der Waals surface area contributed by atoms with E-state index in [4.69, 9.17) is 0 Å². The number of halogens is 6. The van der Waals surface area contributed by atoms with Crippen LogP contribution in [0.3, 0.4) is 0 Å². The second-order valence-electron chi connectivity index (χ2n) is 2.97. The van der Waals surface area contributed by atoms with Crippen molar-refractivity contribution in [1.29, 1.82) is 0 Å². The molecule has 96 valence electrons. The van der Waals surface area contributed by atoms with Crippen molar-refractivity contribution in [2.24, 2.45) is 0 Å². The van der Waals surface area contributed by atoms with Crippen LogP contribution in [0, 0.1) is 0 Å². The third-order valence-electron chi connectivity index (χ3n) is 1.78. The van der Waals surface area contributed by atoms with E-state index in [1.54, 1.807) is 0 Å². The molecule has 17 heavy (non-hydrogen) atoms. The Balaban J connectivity index is 3.37. The standard InChI is InChI=1S/C8H4F6O2S/c9-7(10,11)5-2-1-3-6(4-5)17(15,16)8(12,13)14/h1-4H. The summed E-state index contributed by atoms with van der Waals surface area (Å²) in [5, 5.41) is 0. The predicted octanol–water partition coefficient (Wildman–Crippen LogP) is 3.00. The fourth-order valence-corrected chi connectivity index (χ4v) is 1.78. The number of alkyl halides is 6. The van der Waals surface area contributed by atoms with Crippen LogP contribution in [0.15, 0.2) is 29.2 Å². The number of hydrogen-bond acceptors (Lipinski definition) is 2. The van der Waals surface area contributed by atoms with E-state index in [0.29, 0.717) is 18.2 Å². The first-order valence-corrected chi connectivity index (χ1v) is 5.43. The topological polar surface area (TPSA) is 34.1 Å². The van der Waals surface area contributed by atoms with Crippen molar-refractivity contribution in [1.82, 2.24) is 0 Å². The van der Waals surface area contributed by atoms with Crippen LogP contribution in [0.5, 0.6) is 0 Å². The van der Waals surface area contributed by atoms with E-state index in [0.717, 1.165) is 0 Å². The largest absolute Gasteiger partial charge is 0.501 e. The molecule has 0 heterocycles. The fraction of sp³-hybridized carbons (Fsp3) is 0.250. The highest BCUT2D eigenvalue weighted by molar-refractivity contribution is 7.92. The summed E-state index contributed by atoms with van der Waals surface area (Å²) in [7, 11) is -5.76. The smallest absolute Gasteiger partial charge is 0.214 e. The zero-order chi connectivity index (χ0) is 13.5. The number of rotatable bonds is 1. The minimum absolute atomic E-state index is 0.0528. The lowest BCUT2D eigenvalue weighted by Gasteiger charge is -2.10. The molecule has 0 amide bonds. The molecule has 0 saturated carbocycles. The van der Waals surface area contributed by atoms with Crippen molar-refractivity contribution in [3.63, 3.8) is 0 Å². The molecule has 0 spiro atoms. The molecular formula is C8H4F6O2S. The lowest BCUT2D eigenvalue weighted by atomic mass is 10.2. The van der Waals surface area contributed by atoms with E-state index in [1.807, 2.05) is 0 Å². The summed E-state index contributed by atoms with van der Waals surface area (Å²) in [4.78, 5) is -1.43. The van der Waals surface area contributed by atoms with Crippen LogP contribution >= 0.6 is 0 Å². The molecule has 0 aliphatic heterocycles. The maximum atomic E-state index is 12.2. The zero-order valence-electron chi connectivity index (χ0n) is 7.80. The van der Waals surface area contributed by atoms with Crippen molar-refractivity contribution in [3.05, 3.63) is 29.8 Å². The van der Waals surface area contributed by atoms with Crippen LogP contribution in [-0.2, 0) is 16.0 Å². The van der Waals surface area contributed by atoms with Crippen LogP contribution in [0.4, 0.5) is 26.3 Å². The van der Waals surface area contributed by atoms with Crippen molar-refractivity contribution < 1.29 is 34.8 Å². The Morgan fingerprint density at radius 2 is 1.47 bits per heavy atom. The maximum Gasteiger partial charge on any atom is 0.501 e. The van der Waals surface area contributed by atoms with Gasteiger partial charge in [-0.1, -0.05) is 6.07 Å². The molecule has 1 aromatic rings. The highest BCUT2D eigenvalue weighted by atomic mass is 32.2. The van der Waals surface area contributed by atoms with E-state index in [9.17, 15) is 34.8 Å². The maximum absolute atomic E-state index is 12.2.